The van der Waals surface area contributed by atoms with E-state index in [0.29, 0.717) is 25.2 Å². The van der Waals surface area contributed by atoms with Crippen molar-refractivity contribution in [2.75, 3.05) is 5.32 Å². The SMILES string of the molecule is CC(C)CC(=O)N1Cc2ccccc2CC1C(=O)Nc1cnc2c(n1)CCCC2. The van der Waals surface area contributed by atoms with Crippen molar-refractivity contribution in [1.82, 2.24) is 14.9 Å². The Balaban J connectivity index is 1.56. The molecule has 2 aromatic rings. The molecule has 0 saturated heterocycles. The fraction of sp³-hybridized carbons (Fsp3) is 0.478. The van der Waals surface area contributed by atoms with Gasteiger partial charge in [0.05, 0.1) is 17.6 Å². The lowest BCUT2D eigenvalue weighted by atomic mass is 9.92. The lowest BCUT2D eigenvalue weighted by molar-refractivity contribution is -0.140. The number of anilines is 1. The average molecular weight is 393 g/mol. The second-order valence-electron chi connectivity index (χ2n) is 8.45. The first-order valence-electron chi connectivity index (χ1n) is 10.5. The number of fused-ring (bicyclic) bond motifs is 2. The standard InChI is InChI=1S/C23H28N4O2/c1-15(2)11-22(28)27-14-17-8-4-3-7-16(17)12-20(27)23(29)26-21-13-24-18-9-5-6-10-19(18)25-21/h3-4,7-8,13,15,20H,5-6,9-12,14H2,1-2H3,(H,25,26,29). The molecule has 0 bridgehead atoms. The van der Waals surface area contributed by atoms with Crippen LogP contribution < -0.4 is 5.32 Å². The van der Waals surface area contributed by atoms with Crippen LogP contribution in [-0.4, -0.2) is 32.7 Å². The molecule has 0 fully saturated rings. The highest BCUT2D eigenvalue weighted by Gasteiger charge is 2.34. The number of benzene rings is 1. The predicted octanol–water partition coefficient (Wildman–Crippen LogP) is 3.29. The van der Waals surface area contributed by atoms with Gasteiger partial charge in [-0.15, -0.1) is 0 Å². The first kappa shape index (κ1) is 19.6. The van der Waals surface area contributed by atoms with Crippen molar-refractivity contribution in [1.29, 1.82) is 0 Å². The summed E-state index contributed by atoms with van der Waals surface area (Å²) >= 11 is 0. The number of hydrogen-bond donors (Lipinski definition) is 1. The fourth-order valence-electron chi connectivity index (χ4n) is 4.20. The number of carbonyl (C=O) groups is 2. The molecule has 1 aromatic heterocycles. The maximum atomic E-state index is 13.2. The summed E-state index contributed by atoms with van der Waals surface area (Å²) < 4.78 is 0. The zero-order chi connectivity index (χ0) is 20.4. The molecule has 29 heavy (non-hydrogen) atoms. The number of aryl methyl sites for hydroxylation is 2. The van der Waals surface area contributed by atoms with Gasteiger partial charge in [-0.05, 0) is 42.7 Å². The summed E-state index contributed by atoms with van der Waals surface area (Å²) in [4.78, 5) is 36.9. The van der Waals surface area contributed by atoms with Gasteiger partial charge in [0.1, 0.15) is 6.04 Å². The van der Waals surface area contributed by atoms with Gasteiger partial charge in [0.2, 0.25) is 11.8 Å². The Kier molecular flexibility index (Phi) is 5.60. The molecule has 2 heterocycles. The summed E-state index contributed by atoms with van der Waals surface area (Å²) in [6.07, 6.45) is 6.70. The van der Waals surface area contributed by atoms with Crippen molar-refractivity contribution in [3.8, 4) is 0 Å². The third-order valence-corrected chi connectivity index (χ3v) is 5.71. The van der Waals surface area contributed by atoms with Gasteiger partial charge in [-0.1, -0.05) is 38.1 Å². The second-order valence-corrected chi connectivity index (χ2v) is 8.45. The number of hydrogen-bond acceptors (Lipinski definition) is 4. The number of amides is 2. The summed E-state index contributed by atoms with van der Waals surface area (Å²) in [5, 5.41) is 2.92. The van der Waals surface area contributed by atoms with Crippen LogP contribution in [0.3, 0.4) is 0 Å². The molecule has 1 aliphatic carbocycles. The monoisotopic (exact) mass is 392 g/mol. The topological polar surface area (TPSA) is 75.2 Å². The van der Waals surface area contributed by atoms with E-state index in [1.807, 2.05) is 38.1 Å². The highest BCUT2D eigenvalue weighted by Crippen LogP contribution is 2.26. The predicted molar refractivity (Wildman–Crippen MR) is 111 cm³/mol. The molecular formula is C23H28N4O2. The first-order chi connectivity index (χ1) is 14.0. The molecule has 0 radical (unpaired) electrons. The van der Waals surface area contributed by atoms with E-state index in [1.165, 1.54) is 0 Å². The van der Waals surface area contributed by atoms with Crippen molar-refractivity contribution < 1.29 is 9.59 Å². The van der Waals surface area contributed by atoms with E-state index < -0.39 is 6.04 Å². The van der Waals surface area contributed by atoms with E-state index in [1.54, 1.807) is 11.1 Å². The maximum absolute atomic E-state index is 13.2. The van der Waals surface area contributed by atoms with Gasteiger partial charge in [0.15, 0.2) is 5.82 Å². The van der Waals surface area contributed by atoms with Crippen LogP contribution in [0.1, 0.15) is 55.6 Å². The number of carbonyl (C=O) groups excluding carboxylic acids is 2. The minimum absolute atomic E-state index is 0.0196. The van der Waals surface area contributed by atoms with Gasteiger partial charge >= 0.3 is 0 Å². The van der Waals surface area contributed by atoms with Gasteiger partial charge in [-0.3, -0.25) is 14.6 Å². The van der Waals surface area contributed by atoms with Crippen molar-refractivity contribution in [3.05, 3.63) is 53.0 Å². The molecule has 1 aliphatic heterocycles. The smallest absolute Gasteiger partial charge is 0.248 e. The molecule has 2 aliphatic rings. The summed E-state index contributed by atoms with van der Waals surface area (Å²) in [6.45, 7) is 4.51. The minimum atomic E-state index is -0.533. The molecular weight excluding hydrogens is 364 g/mol. The molecule has 152 valence electrons. The van der Waals surface area contributed by atoms with Gasteiger partial charge in [-0.2, -0.15) is 0 Å². The Bertz CT molecular complexity index is 925. The van der Waals surface area contributed by atoms with E-state index >= 15 is 0 Å². The number of nitrogens with zero attached hydrogens (tertiary/aromatic N) is 3. The largest absolute Gasteiger partial charge is 0.326 e. The lowest BCUT2D eigenvalue weighted by Crippen LogP contribution is -2.51. The Morgan fingerprint density at radius 3 is 2.62 bits per heavy atom. The molecule has 0 saturated carbocycles. The fourth-order valence-corrected chi connectivity index (χ4v) is 4.20. The molecule has 1 aromatic carbocycles. The van der Waals surface area contributed by atoms with Crippen LogP contribution in [0.15, 0.2) is 30.5 Å². The van der Waals surface area contributed by atoms with Gasteiger partial charge < -0.3 is 10.2 Å². The molecule has 6 nitrogen and oxygen atoms in total. The maximum Gasteiger partial charge on any atom is 0.248 e. The van der Waals surface area contributed by atoms with E-state index in [4.69, 9.17) is 0 Å². The highest BCUT2D eigenvalue weighted by molar-refractivity contribution is 5.97. The van der Waals surface area contributed by atoms with Crippen LogP contribution >= 0.6 is 0 Å². The number of rotatable bonds is 4. The van der Waals surface area contributed by atoms with Gasteiger partial charge in [0.25, 0.3) is 0 Å². The van der Waals surface area contributed by atoms with Crippen LogP contribution in [0.5, 0.6) is 0 Å². The normalized spacial score (nSPS) is 18.2. The van der Waals surface area contributed by atoms with Gasteiger partial charge in [0, 0.05) is 19.4 Å². The Hall–Kier alpha value is -2.76. The zero-order valence-electron chi connectivity index (χ0n) is 17.1. The lowest BCUT2D eigenvalue weighted by Gasteiger charge is -2.36. The number of nitrogens with one attached hydrogen (secondary N) is 1. The third-order valence-electron chi connectivity index (χ3n) is 5.71. The van der Waals surface area contributed by atoms with Crippen molar-refractivity contribution in [3.63, 3.8) is 0 Å². The molecule has 1 unspecified atom stereocenters. The van der Waals surface area contributed by atoms with E-state index in [-0.39, 0.29) is 17.7 Å². The summed E-state index contributed by atoms with van der Waals surface area (Å²) in [7, 11) is 0. The summed E-state index contributed by atoms with van der Waals surface area (Å²) in [5.74, 6) is 0.550. The van der Waals surface area contributed by atoms with Crippen molar-refractivity contribution in [2.45, 2.75) is 65.0 Å². The minimum Gasteiger partial charge on any atom is -0.326 e. The summed E-state index contributed by atoms with van der Waals surface area (Å²) in [5.41, 5.74) is 4.25. The average Bonchev–Trinajstić information content (AvgIpc) is 2.72. The highest BCUT2D eigenvalue weighted by atomic mass is 16.2. The van der Waals surface area contributed by atoms with Crippen LogP contribution in [-0.2, 0) is 35.4 Å². The molecule has 1 atom stereocenters. The van der Waals surface area contributed by atoms with Crippen LogP contribution in [0.2, 0.25) is 0 Å². The first-order valence-corrected chi connectivity index (χ1v) is 10.5. The Morgan fingerprint density at radius 1 is 1.14 bits per heavy atom. The third kappa shape index (κ3) is 4.31. The van der Waals surface area contributed by atoms with E-state index in [9.17, 15) is 9.59 Å². The molecule has 4 rings (SSSR count). The summed E-state index contributed by atoms with van der Waals surface area (Å²) in [6, 6.07) is 7.50. The molecule has 1 N–H and O–H groups in total. The molecule has 0 spiro atoms. The molecule has 2 amide bonds. The zero-order valence-corrected chi connectivity index (χ0v) is 17.1. The second kappa shape index (κ2) is 8.31. The molecule has 6 heteroatoms. The van der Waals surface area contributed by atoms with Crippen LogP contribution in [0.4, 0.5) is 5.82 Å². The van der Waals surface area contributed by atoms with E-state index in [0.717, 1.165) is 48.2 Å². The van der Waals surface area contributed by atoms with Gasteiger partial charge in [-0.25, -0.2) is 4.98 Å². The van der Waals surface area contributed by atoms with Crippen molar-refractivity contribution >= 4 is 17.6 Å². The van der Waals surface area contributed by atoms with Crippen LogP contribution in [0, 0.1) is 5.92 Å². The Morgan fingerprint density at radius 2 is 1.86 bits per heavy atom. The number of aromatic nitrogens is 2. The van der Waals surface area contributed by atoms with Crippen LogP contribution in [0.25, 0.3) is 0 Å². The van der Waals surface area contributed by atoms with E-state index in [2.05, 4.69) is 15.3 Å². The van der Waals surface area contributed by atoms with Crippen molar-refractivity contribution in [2.24, 2.45) is 5.92 Å². The quantitative estimate of drug-likeness (QED) is 0.866. The Labute approximate surface area is 171 Å².